The van der Waals surface area contributed by atoms with E-state index in [4.69, 9.17) is 14.2 Å². The van der Waals surface area contributed by atoms with Crippen molar-refractivity contribution in [3.05, 3.63) is 39.4 Å². The molecule has 0 saturated heterocycles. The lowest BCUT2D eigenvalue weighted by Crippen LogP contribution is -2.45. The monoisotopic (exact) mass is 396 g/mol. The van der Waals surface area contributed by atoms with E-state index in [1.54, 1.807) is 32.1 Å². The highest BCUT2D eigenvalue weighted by Gasteiger charge is 2.56. The van der Waals surface area contributed by atoms with Gasteiger partial charge in [-0.3, -0.25) is 9.59 Å². The van der Waals surface area contributed by atoms with Crippen molar-refractivity contribution >= 4 is 39.9 Å². The van der Waals surface area contributed by atoms with Gasteiger partial charge in [0, 0.05) is 4.48 Å². The fourth-order valence-corrected chi connectivity index (χ4v) is 3.40. The molecule has 128 valence electrons. The summed E-state index contributed by atoms with van der Waals surface area (Å²) >= 11 is 3.31. The second kappa shape index (κ2) is 7.17. The summed E-state index contributed by atoms with van der Waals surface area (Å²) in [5.74, 6) is -1.96. The van der Waals surface area contributed by atoms with Crippen LogP contribution in [-0.4, -0.2) is 38.2 Å². The average Bonchev–Trinajstić information content (AvgIpc) is 2.86. The number of esters is 3. The van der Waals surface area contributed by atoms with E-state index in [9.17, 15) is 14.4 Å². The molecule has 0 spiro atoms. The molecule has 0 heterocycles. The van der Waals surface area contributed by atoms with E-state index in [0.29, 0.717) is 21.2 Å². The summed E-state index contributed by atoms with van der Waals surface area (Å²) in [4.78, 5) is 37.0. The maximum Gasteiger partial charge on any atom is 0.337 e. The van der Waals surface area contributed by atoms with Gasteiger partial charge in [0.05, 0.1) is 25.9 Å². The molecule has 0 N–H and O–H groups in total. The van der Waals surface area contributed by atoms with Crippen LogP contribution >= 0.6 is 15.9 Å². The van der Waals surface area contributed by atoms with Crippen LogP contribution in [0.5, 0.6) is 0 Å². The summed E-state index contributed by atoms with van der Waals surface area (Å²) in [6.07, 6.45) is 1.61. The second-order valence-electron chi connectivity index (χ2n) is 4.98. The Morgan fingerprint density at radius 3 is 2.17 bits per heavy atom. The number of benzene rings is 1. The molecule has 24 heavy (non-hydrogen) atoms. The Bertz CT molecular complexity index is 704. The molecular weight excluding hydrogens is 380 g/mol. The van der Waals surface area contributed by atoms with Crippen molar-refractivity contribution in [2.45, 2.75) is 19.3 Å². The molecule has 0 amide bonds. The van der Waals surface area contributed by atoms with Crippen LogP contribution in [0, 0.1) is 0 Å². The Morgan fingerprint density at radius 1 is 1.08 bits per heavy atom. The molecule has 1 aliphatic rings. The average molecular weight is 397 g/mol. The highest BCUT2D eigenvalue weighted by atomic mass is 79.9. The van der Waals surface area contributed by atoms with Gasteiger partial charge in [-0.05, 0) is 43.2 Å². The van der Waals surface area contributed by atoms with E-state index in [-0.39, 0.29) is 13.2 Å². The van der Waals surface area contributed by atoms with Crippen LogP contribution < -0.4 is 0 Å². The normalized spacial score (nSPS) is 14.4. The predicted molar refractivity (Wildman–Crippen MR) is 89.6 cm³/mol. The fourth-order valence-electron chi connectivity index (χ4n) is 2.62. The van der Waals surface area contributed by atoms with Crippen LogP contribution in [0.2, 0.25) is 0 Å². The van der Waals surface area contributed by atoms with Crippen LogP contribution in [0.25, 0.3) is 6.08 Å². The molecule has 1 aliphatic carbocycles. The number of rotatable bonds is 5. The number of hydrogen-bond acceptors (Lipinski definition) is 6. The van der Waals surface area contributed by atoms with Gasteiger partial charge in [0.15, 0.2) is 0 Å². The standard InChI is InChI=1S/C17H17BrO6/c1-4-23-15(20)17(16(21)24-5-2)12-7-6-10(14(19)22-3)8-11(12)9-13(17)18/h6-9H,4-5H2,1-3H3. The third-order valence-corrected chi connectivity index (χ3v) is 4.50. The van der Waals surface area contributed by atoms with Crippen molar-refractivity contribution in [3.8, 4) is 0 Å². The van der Waals surface area contributed by atoms with Crippen molar-refractivity contribution < 1.29 is 28.6 Å². The van der Waals surface area contributed by atoms with Gasteiger partial charge in [-0.2, -0.15) is 0 Å². The molecule has 0 fully saturated rings. The first kappa shape index (κ1) is 18.2. The SMILES string of the molecule is CCOC(=O)C1(C(=O)OCC)C(Br)=Cc2cc(C(=O)OC)ccc21. The van der Waals surface area contributed by atoms with E-state index in [1.807, 2.05) is 0 Å². The molecular formula is C17H17BrO6. The van der Waals surface area contributed by atoms with Crippen LogP contribution in [0.15, 0.2) is 22.7 Å². The topological polar surface area (TPSA) is 78.9 Å². The summed E-state index contributed by atoms with van der Waals surface area (Å²) in [7, 11) is 1.28. The first-order valence-corrected chi connectivity index (χ1v) is 8.17. The summed E-state index contributed by atoms with van der Waals surface area (Å²) < 4.78 is 15.2. The van der Waals surface area contributed by atoms with Gasteiger partial charge in [-0.1, -0.05) is 22.0 Å². The van der Waals surface area contributed by atoms with Crippen molar-refractivity contribution in [2.24, 2.45) is 0 Å². The molecule has 0 bridgehead atoms. The molecule has 0 unspecified atom stereocenters. The first-order valence-electron chi connectivity index (χ1n) is 7.38. The minimum absolute atomic E-state index is 0.121. The van der Waals surface area contributed by atoms with Crippen molar-refractivity contribution in [1.82, 2.24) is 0 Å². The zero-order chi connectivity index (χ0) is 17.9. The minimum Gasteiger partial charge on any atom is -0.465 e. The zero-order valence-electron chi connectivity index (χ0n) is 13.6. The van der Waals surface area contributed by atoms with Crippen LogP contribution in [0.4, 0.5) is 0 Å². The number of hydrogen-bond donors (Lipinski definition) is 0. The lowest BCUT2D eigenvalue weighted by molar-refractivity contribution is -0.161. The van der Waals surface area contributed by atoms with Gasteiger partial charge in [0.1, 0.15) is 0 Å². The Kier molecular flexibility index (Phi) is 5.43. The molecule has 1 aromatic rings. The number of methoxy groups -OCH3 is 1. The van der Waals surface area contributed by atoms with Gasteiger partial charge >= 0.3 is 17.9 Å². The van der Waals surface area contributed by atoms with Crippen LogP contribution in [-0.2, 0) is 29.2 Å². The molecule has 0 aliphatic heterocycles. The molecule has 0 aromatic heterocycles. The maximum absolute atomic E-state index is 12.6. The summed E-state index contributed by atoms with van der Waals surface area (Å²) in [5.41, 5.74) is -0.447. The Morgan fingerprint density at radius 2 is 1.67 bits per heavy atom. The third kappa shape index (κ3) is 2.73. The van der Waals surface area contributed by atoms with Gasteiger partial charge in [-0.15, -0.1) is 0 Å². The second-order valence-corrected chi connectivity index (χ2v) is 5.83. The predicted octanol–water partition coefficient (Wildman–Crippen LogP) is 2.59. The largest absolute Gasteiger partial charge is 0.465 e. The quantitative estimate of drug-likeness (QED) is 0.432. The van der Waals surface area contributed by atoms with E-state index in [1.165, 1.54) is 13.2 Å². The highest BCUT2D eigenvalue weighted by Crippen LogP contribution is 2.47. The number of ether oxygens (including phenoxy) is 3. The van der Waals surface area contributed by atoms with Crippen LogP contribution in [0.1, 0.15) is 35.3 Å². The first-order chi connectivity index (χ1) is 11.4. The Hall–Kier alpha value is -2.15. The minimum atomic E-state index is -1.71. The molecule has 0 saturated carbocycles. The molecule has 0 radical (unpaired) electrons. The maximum atomic E-state index is 12.6. The number of fused-ring (bicyclic) bond motifs is 1. The third-order valence-electron chi connectivity index (χ3n) is 3.68. The number of carbonyl (C=O) groups is 3. The lowest BCUT2D eigenvalue weighted by atomic mass is 9.82. The summed E-state index contributed by atoms with van der Waals surface area (Å²) in [6.45, 7) is 3.56. The van der Waals surface area contributed by atoms with Crippen molar-refractivity contribution in [1.29, 1.82) is 0 Å². The zero-order valence-corrected chi connectivity index (χ0v) is 15.1. The van der Waals surface area contributed by atoms with E-state index in [0.717, 1.165) is 0 Å². The van der Waals surface area contributed by atoms with Gasteiger partial charge in [0.25, 0.3) is 0 Å². The van der Waals surface area contributed by atoms with Crippen LogP contribution in [0.3, 0.4) is 0 Å². The number of halogens is 1. The fraction of sp³-hybridized carbons (Fsp3) is 0.353. The summed E-state index contributed by atoms with van der Waals surface area (Å²) in [5, 5.41) is 0. The molecule has 0 atom stereocenters. The van der Waals surface area contributed by atoms with E-state index in [2.05, 4.69) is 15.9 Å². The Balaban J connectivity index is 2.63. The van der Waals surface area contributed by atoms with Gasteiger partial charge in [-0.25, -0.2) is 4.79 Å². The van der Waals surface area contributed by atoms with Crippen molar-refractivity contribution in [2.75, 3.05) is 20.3 Å². The number of carbonyl (C=O) groups excluding carboxylic acids is 3. The smallest absolute Gasteiger partial charge is 0.337 e. The molecule has 1 aromatic carbocycles. The Labute approximate surface area is 147 Å². The van der Waals surface area contributed by atoms with Gasteiger partial charge < -0.3 is 14.2 Å². The van der Waals surface area contributed by atoms with E-state index >= 15 is 0 Å². The highest BCUT2D eigenvalue weighted by molar-refractivity contribution is 9.12. The molecule has 2 rings (SSSR count). The van der Waals surface area contributed by atoms with E-state index < -0.39 is 23.3 Å². The lowest BCUT2D eigenvalue weighted by Gasteiger charge is -2.26. The molecule has 7 heteroatoms. The van der Waals surface area contributed by atoms with Gasteiger partial charge in [0.2, 0.25) is 5.41 Å². The van der Waals surface area contributed by atoms with Crippen molar-refractivity contribution in [3.63, 3.8) is 0 Å². The summed E-state index contributed by atoms with van der Waals surface area (Å²) in [6, 6.07) is 4.60. The molecule has 6 nitrogen and oxygen atoms in total.